The van der Waals surface area contributed by atoms with Crippen molar-refractivity contribution >= 4 is 5.82 Å². The third kappa shape index (κ3) is 1.18. The lowest BCUT2D eigenvalue weighted by Gasteiger charge is -2.28. The molecule has 1 aromatic rings. The van der Waals surface area contributed by atoms with Crippen molar-refractivity contribution in [2.45, 2.75) is 37.8 Å². The molecule has 2 atom stereocenters. The Labute approximate surface area is 101 Å². The van der Waals surface area contributed by atoms with Crippen molar-refractivity contribution in [3.8, 4) is 0 Å². The van der Waals surface area contributed by atoms with Crippen LogP contribution in [0.4, 0.5) is 5.82 Å². The van der Waals surface area contributed by atoms with Crippen molar-refractivity contribution in [3.05, 3.63) is 36.5 Å². The van der Waals surface area contributed by atoms with E-state index in [0.717, 1.165) is 5.82 Å². The largest absolute Gasteiger partial charge is 0.263 e. The molecule has 2 aliphatic carbocycles. The van der Waals surface area contributed by atoms with Crippen LogP contribution in [-0.4, -0.2) is 17.1 Å². The highest BCUT2D eigenvalue weighted by Crippen LogP contribution is 2.55. The molecule has 3 aliphatic rings. The molecule has 88 valence electrons. The van der Waals surface area contributed by atoms with Gasteiger partial charge in [0.2, 0.25) is 0 Å². The van der Waals surface area contributed by atoms with Crippen molar-refractivity contribution in [3.63, 3.8) is 0 Å². The lowest BCUT2D eigenvalue weighted by Crippen LogP contribution is -2.36. The van der Waals surface area contributed by atoms with E-state index in [9.17, 15) is 0 Å². The Balaban J connectivity index is 1.71. The van der Waals surface area contributed by atoms with Gasteiger partial charge in [-0.2, -0.15) is 0 Å². The fourth-order valence-corrected chi connectivity index (χ4v) is 3.69. The van der Waals surface area contributed by atoms with Gasteiger partial charge in [-0.15, -0.1) is 0 Å². The molecule has 0 amide bonds. The molecule has 2 bridgehead atoms. The van der Waals surface area contributed by atoms with E-state index < -0.39 is 0 Å². The van der Waals surface area contributed by atoms with Gasteiger partial charge in [0.15, 0.2) is 5.82 Å². The summed E-state index contributed by atoms with van der Waals surface area (Å²) >= 11 is 0. The Bertz CT molecular complexity index is 451. The summed E-state index contributed by atoms with van der Waals surface area (Å²) in [6.45, 7) is 0. The van der Waals surface area contributed by atoms with Crippen LogP contribution >= 0.6 is 0 Å². The Morgan fingerprint density at radius 3 is 2.88 bits per heavy atom. The van der Waals surface area contributed by atoms with Crippen LogP contribution in [0.1, 0.15) is 25.7 Å². The molecule has 3 heteroatoms. The molecule has 0 N–H and O–H groups in total. The first-order chi connectivity index (χ1) is 8.40. The van der Waals surface area contributed by atoms with Crippen molar-refractivity contribution in [1.82, 2.24) is 4.98 Å². The first-order valence-electron chi connectivity index (χ1n) is 6.46. The van der Waals surface area contributed by atoms with Crippen LogP contribution in [0.25, 0.3) is 0 Å². The summed E-state index contributed by atoms with van der Waals surface area (Å²) in [7, 11) is 0. The molecule has 2 fully saturated rings. The van der Waals surface area contributed by atoms with Crippen LogP contribution in [0.5, 0.6) is 0 Å². The van der Waals surface area contributed by atoms with Gasteiger partial charge >= 0.3 is 0 Å². The van der Waals surface area contributed by atoms with E-state index >= 15 is 0 Å². The molecule has 0 unspecified atom stereocenters. The summed E-state index contributed by atoms with van der Waals surface area (Å²) in [6, 6.07) is 6.38. The maximum atomic E-state index is 6.07. The highest BCUT2D eigenvalue weighted by atomic mass is 16.7. The minimum absolute atomic E-state index is 0.275. The van der Waals surface area contributed by atoms with E-state index in [0.29, 0.717) is 11.5 Å². The molecule has 1 saturated heterocycles. The van der Waals surface area contributed by atoms with Crippen molar-refractivity contribution < 1.29 is 4.84 Å². The summed E-state index contributed by atoms with van der Waals surface area (Å²) in [5.41, 5.74) is 0.345. The molecule has 3 nitrogen and oxygen atoms in total. The van der Waals surface area contributed by atoms with E-state index in [1.54, 1.807) is 0 Å². The Morgan fingerprint density at radius 1 is 1.24 bits per heavy atom. The SMILES string of the molecule is C1=C[C@H]2ON(c3ccccn3)[C@@H]1C21CCCC1. The van der Waals surface area contributed by atoms with Crippen LogP contribution in [0.3, 0.4) is 0 Å². The van der Waals surface area contributed by atoms with Gasteiger partial charge in [0.05, 0.1) is 6.04 Å². The zero-order valence-electron chi connectivity index (χ0n) is 9.75. The molecule has 2 heterocycles. The summed E-state index contributed by atoms with van der Waals surface area (Å²) in [6.07, 6.45) is 11.9. The predicted molar refractivity (Wildman–Crippen MR) is 65.4 cm³/mol. The van der Waals surface area contributed by atoms with Crippen LogP contribution in [0.15, 0.2) is 36.5 Å². The first-order valence-corrected chi connectivity index (χ1v) is 6.46. The second-order valence-corrected chi connectivity index (χ2v) is 5.31. The standard InChI is InChI=1S/C14H16N2O/c1-4-10-15-13(5-1)16-11-6-7-12(17-16)14(11)8-2-3-9-14/h1,4-7,10-12H,2-3,8-9H2/t11-,12+/m0/s1. The highest BCUT2D eigenvalue weighted by Gasteiger charge is 2.58. The quantitative estimate of drug-likeness (QED) is 0.691. The lowest BCUT2D eigenvalue weighted by molar-refractivity contribution is 0.0733. The maximum Gasteiger partial charge on any atom is 0.153 e. The molecule has 1 aliphatic heterocycles. The van der Waals surface area contributed by atoms with Gasteiger partial charge in [0, 0.05) is 11.6 Å². The van der Waals surface area contributed by atoms with E-state index in [-0.39, 0.29) is 6.10 Å². The minimum atomic E-state index is 0.275. The van der Waals surface area contributed by atoms with Gasteiger partial charge in [-0.25, -0.2) is 10.0 Å². The molecular formula is C14H16N2O. The number of pyridine rings is 1. The molecule has 1 saturated carbocycles. The normalized spacial score (nSPS) is 32.8. The number of aromatic nitrogens is 1. The third-order valence-electron chi connectivity index (χ3n) is 4.51. The van der Waals surface area contributed by atoms with Crippen LogP contribution in [0, 0.1) is 5.41 Å². The molecule has 0 aromatic carbocycles. The minimum Gasteiger partial charge on any atom is -0.263 e. The number of hydrogen-bond acceptors (Lipinski definition) is 3. The number of hydroxylamine groups is 1. The zero-order chi connectivity index (χ0) is 11.3. The second-order valence-electron chi connectivity index (χ2n) is 5.31. The fourth-order valence-electron chi connectivity index (χ4n) is 3.69. The molecule has 4 rings (SSSR count). The summed E-state index contributed by atoms with van der Waals surface area (Å²) in [5, 5.41) is 2.02. The van der Waals surface area contributed by atoms with Gasteiger partial charge in [-0.1, -0.05) is 31.1 Å². The fraction of sp³-hybridized carbons (Fsp3) is 0.500. The Morgan fingerprint density at radius 2 is 2.12 bits per heavy atom. The molecule has 1 spiro atoms. The average molecular weight is 228 g/mol. The summed E-state index contributed by atoms with van der Waals surface area (Å²) < 4.78 is 0. The molecule has 1 aromatic heterocycles. The number of nitrogens with zero attached hydrogens (tertiary/aromatic N) is 2. The first kappa shape index (κ1) is 9.66. The van der Waals surface area contributed by atoms with Gasteiger partial charge in [-0.3, -0.25) is 4.84 Å². The maximum absolute atomic E-state index is 6.07. The van der Waals surface area contributed by atoms with E-state index in [2.05, 4.69) is 17.1 Å². The average Bonchev–Trinajstić information content (AvgIpc) is 3.08. The molecule has 17 heavy (non-hydrogen) atoms. The molecule has 0 radical (unpaired) electrons. The van der Waals surface area contributed by atoms with Crippen LogP contribution in [0.2, 0.25) is 0 Å². The van der Waals surface area contributed by atoms with Crippen LogP contribution in [-0.2, 0) is 4.84 Å². The lowest BCUT2D eigenvalue weighted by atomic mass is 9.79. The summed E-state index contributed by atoms with van der Waals surface area (Å²) in [4.78, 5) is 10.5. The smallest absolute Gasteiger partial charge is 0.153 e. The van der Waals surface area contributed by atoms with E-state index in [4.69, 9.17) is 4.84 Å². The Kier molecular flexibility index (Phi) is 1.89. The second kappa shape index (κ2) is 3.33. The third-order valence-corrected chi connectivity index (χ3v) is 4.51. The van der Waals surface area contributed by atoms with Crippen molar-refractivity contribution in [1.29, 1.82) is 0 Å². The van der Waals surface area contributed by atoms with Gasteiger partial charge in [0.25, 0.3) is 0 Å². The van der Waals surface area contributed by atoms with Crippen molar-refractivity contribution in [2.24, 2.45) is 5.41 Å². The topological polar surface area (TPSA) is 25.4 Å². The van der Waals surface area contributed by atoms with E-state index in [1.807, 2.05) is 29.5 Å². The van der Waals surface area contributed by atoms with Crippen LogP contribution < -0.4 is 5.06 Å². The van der Waals surface area contributed by atoms with Gasteiger partial charge in [-0.05, 0) is 25.0 Å². The monoisotopic (exact) mass is 228 g/mol. The van der Waals surface area contributed by atoms with Gasteiger partial charge < -0.3 is 0 Å². The number of anilines is 1. The highest BCUT2D eigenvalue weighted by molar-refractivity contribution is 5.44. The number of hydrogen-bond donors (Lipinski definition) is 0. The van der Waals surface area contributed by atoms with E-state index in [1.165, 1.54) is 25.7 Å². The Hall–Kier alpha value is -1.35. The van der Waals surface area contributed by atoms with Crippen molar-refractivity contribution in [2.75, 3.05) is 5.06 Å². The number of rotatable bonds is 1. The van der Waals surface area contributed by atoms with Gasteiger partial charge in [0.1, 0.15) is 6.10 Å². The predicted octanol–water partition coefficient (Wildman–Crippen LogP) is 2.70. The zero-order valence-corrected chi connectivity index (χ0v) is 9.75. The molecular weight excluding hydrogens is 212 g/mol. The summed E-state index contributed by atoms with van der Waals surface area (Å²) in [5.74, 6) is 0.940.